The van der Waals surface area contributed by atoms with E-state index in [-0.39, 0.29) is 17.4 Å². The van der Waals surface area contributed by atoms with Crippen LogP contribution in [0.25, 0.3) is 17.0 Å². The fraction of sp³-hybridized carbons (Fsp3) is 0.333. The Bertz CT molecular complexity index is 1200. The molecule has 0 saturated heterocycles. The summed E-state index contributed by atoms with van der Waals surface area (Å²) >= 11 is 0. The highest BCUT2D eigenvalue weighted by molar-refractivity contribution is 5.83. The molecule has 5 nitrogen and oxygen atoms in total. The van der Waals surface area contributed by atoms with Crippen LogP contribution in [-0.4, -0.2) is 28.7 Å². The van der Waals surface area contributed by atoms with E-state index in [0.29, 0.717) is 44.3 Å². The van der Waals surface area contributed by atoms with Crippen molar-refractivity contribution in [3.8, 4) is 5.75 Å². The molecule has 1 amide bonds. The van der Waals surface area contributed by atoms with Crippen LogP contribution in [0.15, 0.2) is 54.9 Å². The highest BCUT2D eigenvalue weighted by Gasteiger charge is 2.35. The van der Waals surface area contributed by atoms with Gasteiger partial charge in [0, 0.05) is 23.1 Å². The number of carbonyl (C=O) groups is 1. The van der Waals surface area contributed by atoms with Crippen LogP contribution in [-0.2, 0) is 11.2 Å². The zero-order valence-electron chi connectivity index (χ0n) is 19.1. The minimum absolute atomic E-state index is 0.0691. The lowest BCUT2D eigenvalue weighted by molar-refractivity contribution is -0.127. The molecule has 0 spiro atoms. The standard InChI is InChI=1S/C27H28F2N2O3/c1-34-22-16-23-18(3-2-4-25(23)31-17-22)7-11-27(33)12-8-19(9-13-27)26(32)30-14-10-20-15-21(28)5-6-24(20)29/h2-6,10,14-17,19,33H,7-9,11-13H2,1H3,(H,30,32). The van der Waals surface area contributed by atoms with Crippen LogP contribution < -0.4 is 10.1 Å². The number of halogens is 2. The molecule has 0 atom stereocenters. The molecule has 2 aromatic carbocycles. The van der Waals surface area contributed by atoms with Crippen molar-refractivity contribution < 1.29 is 23.4 Å². The first-order valence-corrected chi connectivity index (χ1v) is 11.4. The molecule has 1 aliphatic carbocycles. The van der Waals surface area contributed by atoms with Crippen molar-refractivity contribution in [2.45, 2.75) is 44.1 Å². The second-order valence-electron chi connectivity index (χ2n) is 8.87. The van der Waals surface area contributed by atoms with Gasteiger partial charge in [0.1, 0.15) is 17.4 Å². The third-order valence-electron chi connectivity index (χ3n) is 6.62. The van der Waals surface area contributed by atoms with Gasteiger partial charge in [-0.1, -0.05) is 12.1 Å². The van der Waals surface area contributed by atoms with Crippen LogP contribution in [0.4, 0.5) is 8.78 Å². The average Bonchev–Trinajstić information content (AvgIpc) is 2.85. The van der Waals surface area contributed by atoms with Crippen molar-refractivity contribution in [3.63, 3.8) is 0 Å². The van der Waals surface area contributed by atoms with E-state index in [1.807, 2.05) is 24.3 Å². The van der Waals surface area contributed by atoms with Gasteiger partial charge in [-0.05, 0) is 80.5 Å². The zero-order valence-corrected chi connectivity index (χ0v) is 19.1. The Morgan fingerprint density at radius 2 is 2.03 bits per heavy atom. The fourth-order valence-electron chi connectivity index (χ4n) is 4.53. The molecule has 0 unspecified atom stereocenters. The Hall–Kier alpha value is -3.32. The van der Waals surface area contributed by atoms with Crippen molar-refractivity contribution >= 4 is 22.9 Å². The first kappa shape index (κ1) is 23.8. The summed E-state index contributed by atoms with van der Waals surface area (Å²) in [6, 6.07) is 11.1. The van der Waals surface area contributed by atoms with Crippen LogP contribution in [0, 0.1) is 17.6 Å². The molecular formula is C27H28F2N2O3. The van der Waals surface area contributed by atoms with Crippen LogP contribution in [0.1, 0.15) is 43.2 Å². The van der Waals surface area contributed by atoms with E-state index in [2.05, 4.69) is 10.3 Å². The highest BCUT2D eigenvalue weighted by Crippen LogP contribution is 2.36. The number of hydrogen-bond donors (Lipinski definition) is 2. The molecule has 4 rings (SSSR count). The third kappa shape index (κ3) is 5.59. The lowest BCUT2D eigenvalue weighted by atomic mass is 9.75. The molecule has 0 bridgehead atoms. The zero-order chi connectivity index (χ0) is 24.1. The number of hydrogen-bond acceptors (Lipinski definition) is 4. The predicted molar refractivity (Wildman–Crippen MR) is 127 cm³/mol. The third-order valence-corrected chi connectivity index (χ3v) is 6.62. The molecule has 34 heavy (non-hydrogen) atoms. The molecule has 0 aliphatic heterocycles. The van der Waals surface area contributed by atoms with Crippen molar-refractivity contribution in [1.29, 1.82) is 0 Å². The number of fused-ring (bicyclic) bond motifs is 1. The van der Waals surface area contributed by atoms with Gasteiger partial charge in [-0.15, -0.1) is 0 Å². The minimum atomic E-state index is -0.828. The summed E-state index contributed by atoms with van der Waals surface area (Å²) in [7, 11) is 1.61. The van der Waals surface area contributed by atoms with Gasteiger partial charge in [0.05, 0.1) is 24.4 Å². The molecule has 1 fully saturated rings. The molecule has 3 aromatic rings. The van der Waals surface area contributed by atoms with E-state index < -0.39 is 17.2 Å². The van der Waals surface area contributed by atoms with Crippen molar-refractivity contribution in [2.24, 2.45) is 5.92 Å². The van der Waals surface area contributed by atoms with Gasteiger partial charge in [-0.25, -0.2) is 8.78 Å². The minimum Gasteiger partial charge on any atom is -0.495 e. The normalized spacial score (nSPS) is 20.5. The van der Waals surface area contributed by atoms with Crippen molar-refractivity contribution in [3.05, 3.63) is 77.6 Å². The number of ether oxygens (including phenoxy) is 1. The maximum atomic E-state index is 13.7. The number of benzene rings is 2. The van der Waals surface area contributed by atoms with Gasteiger partial charge in [0.2, 0.25) is 5.91 Å². The smallest absolute Gasteiger partial charge is 0.227 e. The van der Waals surface area contributed by atoms with Gasteiger partial charge in [-0.2, -0.15) is 0 Å². The van der Waals surface area contributed by atoms with E-state index in [1.165, 1.54) is 12.3 Å². The molecule has 7 heteroatoms. The number of nitrogens with one attached hydrogen (secondary N) is 1. The Kier molecular flexibility index (Phi) is 7.22. The monoisotopic (exact) mass is 466 g/mol. The van der Waals surface area contributed by atoms with Gasteiger partial charge >= 0.3 is 0 Å². The van der Waals surface area contributed by atoms with Crippen LogP contribution in [0.3, 0.4) is 0 Å². The molecule has 1 aromatic heterocycles. The second kappa shape index (κ2) is 10.3. The van der Waals surface area contributed by atoms with Crippen LogP contribution in [0.2, 0.25) is 0 Å². The Morgan fingerprint density at radius 3 is 2.79 bits per heavy atom. The number of nitrogens with zero attached hydrogens (tertiary/aromatic N) is 1. The van der Waals surface area contributed by atoms with Crippen molar-refractivity contribution in [2.75, 3.05) is 7.11 Å². The maximum absolute atomic E-state index is 13.7. The quantitative estimate of drug-likeness (QED) is 0.504. The van der Waals surface area contributed by atoms with Crippen LogP contribution in [0.5, 0.6) is 5.75 Å². The summed E-state index contributed by atoms with van der Waals surface area (Å²) in [6.07, 6.45) is 7.84. The van der Waals surface area contributed by atoms with E-state index in [9.17, 15) is 18.7 Å². The second-order valence-corrected chi connectivity index (χ2v) is 8.87. The Balaban J connectivity index is 1.31. The SMILES string of the molecule is COc1cnc2cccc(CCC3(O)CCC(C(=O)NC=Cc4cc(F)ccc4F)CC3)c2c1. The van der Waals surface area contributed by atoms with E-state index >= 15 is 0 Å². The van der Waals surface area contributed by atoms with E-state index in [1.54, 1.807) is 13.3 Å². The highest BCUT2D eigenvalue weighted by atomic mass is 19.1. The van der Waals surface area contributed by atoms with Gasteiger partial charge in [0.15, 0.2) is 0 Å². The number of methoxy groups -OCH3 is 1. The van der Waals surface area contributed by atoms with E-state index in [0.717, 1.165) is 34.7 Å². The lowest BCUT2D eigenvalue weighted by Crippen LogP contribution is -2.38. The summed E-state index contributed by atoms with van der Waals surface area (Å²) in [5.41, 5.74) is 1.23. The van der Waals surface area contributed by atoms with Crippen molar-refractivity contribution in [1.82, 2.24) is 10.3 Å². The predicted octanol–water partition coefficient (Wildman–Crippen LogP) is 5.16. The molecular weight excluding hydrogens is 438 g/mol. The first-order valence-electron chi connectivity index (χ1n) is 11.4. The van der Waals surface area contributed by atoms with Gasteiger partial charge in [-0.3, -0.25) is 9.78 Å². The fourth-order valence-corrected chi connectivity index (χ4v) is 4.53. The molecule has 178 valence electrons. The number of amides is 1. The number of aryl methyl sites for hydroxylation is 1. The average molecular weight is 467 g/mol. The summed E-state index contributed by atoms with van der Waals surface area (Å²) < 4.78 is 32.2. The Labute approximate surface area is 197 Å². The number of rotatable bonds is 7. The number of aromatic nitrogens is 1. The molecule has 1 heterocycles. The summed E-state index contributed by atoms with van der Waals surface area (Å²) in [5.74, 6) is -0.817. The summed E-state index contributed by atoms with van der Waals surface area (Å²) in [5, 5.41) is 14.8. The van der Waals surface area contributed by atoms with E-state index in [4.69, 9.17) is 4.74 Å². The molecule has 2 N–H and O–H groups in total. The Morgan fingerprint density at radius 1 is 1.24 bits per heavy atom. The first-order chi connectivity index (χ1) is 16.4. The molecule has 1 aliphatic rings. The lowest BCUT2D eigenvalue weighted by Gasteiger charge is -2.35. The topological polar surface area (TPSA) is 71.5 Å². The van der Waals surface area contributed by atoms with Gasteiger partial charge in [0.25, 0.3) is 0 Å². The number of aliphatic hydroxyl groups is 1. The number of pyridine rings is 1. The molecule has 1 saturated carbocycles. The largest absolute Gasteiger partial charge is 0.495 e. The molecule has 0 radical (unpaired) electrons. The number of carbonyl (C=O) groups excluding carboxylic acids is 1. The van der Waals surface area contributed by atoms with Gasteiger partial charge < -0.3 is 15.2 Å². The van der Waals surface area contributed by atoms with Crippen LogP contribution >= 0.6 is 0 Å². The summed E-state index contributed by atoms with van der Waals surface area (Å²) in [6.45, 7) is 0. The maximum Gasteiger partial charge on any atom is 0.227 e. The summed E-state index contributed by atoms with van der Waals surface area (Å²) in [4.78, 5) is 16.9.